The van der Waals surface area contributed by atoms with Gasteiger partial charge >= 0.3 is 0 Å². The Kier molecular flexibility index (Phi) is 4.76. The SMILES string of the molecule is Cc1cc(C(=O)N2C[C@@H]3CN(S(=O)(=O)c4cccc(F)c4)C[C@H](C2)O3)c(C)o1. The van der Waals surface area contributed by atoms with Crippen molar-refractivity contribution >= 4 is 15.9 Å². The van der Waals surface area contributed by atoms with Gasteiger partial charge in [-0.05, 0) is 38.1 Å². The van der Waals surface area contributed by atoms with Gasteiger partial charge in [0.1, 0.15) is 17.3 Å². The maximum absolute atomic E-state index is 13.5. The zero-order valence-electron chi connectivity index (χ0n) is 15.6. The van der Waals surface area contributed by atoms with Crippen LogP contribution < -0.4 is 0 Å². The monoisotopic (exact) mass is 408 g/mol. The number of sulfonamides is 1. The number of rotatable bonds is 3. The van der Waals surface area contributed by atoms with Crippen LogP contribution in [0.1, 0.15) is 21.9 Å². The average Bonchev–Trinajstić information content (AvgIpc) is 2.98. The molecule has 0 aliphatic carbocycles. The summed E-state index contributed by atoms with van der Waals surface area (Å²) in [4.78, 5) is 14.4. The Hall–Kier alpha value is -2.23. The molecule has 7 nitrogen and oxygen atoms in total. The van der Waals surface area contributed by atoms with Crippen LogP contribution in [0.25, 0.3) is 0 Å². The second-order valence-electron chi connectivity index (χ2n) is 7.20. The highest BCUT2D eigenvalue weighted by Crippen LogP contribution is 2.27. The van der Waals surface area contributed by atoms with Crippen molar-refractivity contribution in [3.8, 4) is 0 Å². The maximum atomic E-state index is 13.5. The first-order valence-corrected chi connectivity index (χ1v) is 10.5. The highest BCUT2D eigenvalue weighted by Gasteiger charge is 2.41. The summed E-state index contributed by atoms with van der Waals surface area (Å²) < 4.78 is 51.8. The molecule has 4 rings (SSSR count). The van der Waals surface area contributed by atoms with Crippen molar-refractivity contribution in [1.82, 2.24) is 9.21 Å². The molecule has 2 aromatic rings. The van der Waals surface area contributed by atoms with E-state index in [0.29, 0.717) is 17.1 Å². The second kappa shape index (κ2) is 6.98. The van der Waals surface area contributed by atoms with E-state index in [2.05, 4.69) is 0 Å². The van der Waals surface area contributed by atoms with Crippen LogP contribution in [0.15, 0.2) is 39.6 Å². The summed E-state index contributed by atoms with van der Waals surface area (Å²) in [5.74, 6) is 0.488. The molecule has 2 aliphatic heterocycles. The smallest absolute Gasteiger partial charge is 0.257 e. The molecule has 2 atom stereocenters. The number of carbonyl (C=O) groups is 1. The summed E-state index contributed by atoms with van der Waals surface area (Å²) in [6.45, 7) is 4.33. The zero-order valence-corrected chi connectivity index (χ0v) is 16.4. The number of hydrogen-bond donors (Lipinski definition) is 0. The van der Waals surface area contributed by atoms with Crippen LogP contribution in [-0.4, -0.2) is 61.9 Å². The van der Waals surface area contributed by atoms with Gasteiger partial charge in [0.15, 0.2) is 0 Å². The summed E-state index contributed by atoms with van der Waals surface area (Å²) >= 11 is 0. The summed E-state index contributed by atoms with van der Waals surface area (Å²) in [6, 6.07) is 6.68. The van der Waals surface area contributed by atoms with Gasteiger partial charge in [-0.2, -0.15) is 4.31 Å². The molecular weight excluding hydrogens is 387 g/mol. The van der Waals surface area contributed by atoms with Crippen molar-refractivity contribution in [1.29, 1.82) is 0 Å². The van der Waals surface area contributed by atoms with E-state index in [1.807, 2.05) is 0 Å². The van der Waals surface area contributed by atoms with Gasteiger partial charge in [-0.1, -0.05) is 6.07 Å². The van der Waals surface area contributed by atoms with E-state index < -0.39 is 28.0 Å². The number of benzene rings is 1. The minimum atomic E-state index is -3.82. The quantitative estimate of drug-likeness (QED) is 0.776. The molecule has 0 unspecified atom stereocenters. The Morgan fingerprint density at radius 2 is 1.79 bits per heavy atom. The van der Waals surface area contributed by atoms with Crippen molar-refractivity contribution < 1.29 is 26.8 Å². The fourth-order valence-corrected chi connectivity index (χ4v) is 5.34. The molecule has 2 aliphatic rings. The molecule has 150 valence electrons. The molecule has 2 saturated heterocycles. The van der Waals surface area contributed by atoms with Crippen molar-refractivity contribution in [3.05, 3.63) is 53.2 Å². The van der Waals surface area contributed by atoms with Crippen molar-refractivity contribution in [2.45, 2.75) is 31.0 Å². The standard InChI is InChI=1S/C19H21FN2O5S/c1-12-6-18(13(2)26-12)19(23)21-8-15-10-22(11-16(9-21)27-15)28(24,25)17-5-3-4-14(20)7-17/h3-7,15-16H,8-11H2,1-2H3/t15-,16+. The Morgan fingerprint density at radius 3 is 2.36 bits per heavy atom. The number of morpholine rings is 2. The lowest BCUT2D eigenvalue weighted by atomic mass is 10.1. The minimum Gasteiger partial charge on any atom is -0.466 e. The summed E-state index contributed by atoms with van der Waals surface area (Å²) in [5.41, 5.74) is 0.515. The molecule has 28 heavy (non-hydrogen) atoms. The molecular formula is C19H21FN2O5S. The summed E-state index contributed by atoms with van der Waals surface area (Å²) in [6.07, 6.45) is -0.874. The average molecular weight is 408 g/mol. The Bertz CT molecular complexity index is 1010. The topological polar surface area (TPSA) is 80.1 Å². The number of halogens is 1. The van der Waals surface area contributed by atoms with Gasteiger partial charge in [0.2, 0.25) is 10.0 Å². The first kappa shape index (κ1) is 19.1. The van der Waals surface area contributed by atoms with Gasteiger partial charge < -0.3 is 14.1 Å². The van der Waals surface area contributed by atoms with Crippen LogP contribution in [0.5, 0.6) is 0 Å². The van der Waals surface area contributed by atoms with E-state index in [1.165, 1.54) is 22.5 Å². The third-order valence-corrected chi connectivity index (χ3v) is 6.87. The minimum absolute atomic E-state index is 0.0788. The normalized spacial score (nSPS) is 23.0. The number of fused-ring (bicyclic) bond motifs is 2. The van der Waals surface area contributed by atoms with Crippen LogP contribution in [-0.2, 0) is 14.8 Å². The Balaban J connectivity index is 1.51. The maximum Gasteiger partial charge on any atom is 0.257 e. The molecule has 2 fully saturated rings. The number of aryl methyl sites for hydroxylation is 2. The highest BCUT2D eigenvalue weighted by atomic mass is 32.2. The lowest BCUT2D eigenvalue weighted by Gasteiger charge is -2.45. The molecule has 9 heteroatoms. The summed E-state index contributed by atoms with van der Waals surface area (Å²) in [7, 11) is -3.82. The largest absolute Gasteiger partial charge is 0.466 e. The third kappa shape index (κ3) is 3.45. The van der Waals surface area contributed by atoms with Crippen molar-refractivity contribution in [3.63, 3.8) is 0 Å². The number of amides is 1. The van der Waals surface area contributed by atoms with E-state index in [0.717, 1.165) is 6.07 Å². The fourth-order valence-electron chi connectivity index (χ4n) is 3.81. The van der Waals surface area contributed by atoms with E-state index in [-0.39, 0.29) is 37.0 Å². The molecule has 3 heterocycles. The van der Waals surface area contributed by atoms with Crippen molar-refractivity contribution in [2.75, 3.05) is 26.2 Å². The predicted octanol–water partition coefficient (Wildman–Crippen LogP) is 1.95. The molecule has 0 N–H and O–H groups in total. The van der Waals surface area contributed by atoms with Gasteiger partial charge in [-0.3, -0.25) is 4.79 Å². The molecule has 0 radical (unpaired) electrons. The van der Waals surface area contributed by atoms with Crippen LogP contribution in [0.2, 0.25) is 0 Å². The number of hydrogen-bond acceptors (Lipinski definition) is 5. The zero-order chi connectivity index (χ0) is 20.1. The van der Waals surface area contributed by atoms with E-state index >= 15 is 0 Å². The van der Waals surface area contributed by atoms with E-state index in [1.54, 1.807) is 24.8 Å². The Morgan fingerprint density at radius 1 is 1.11 bits per heavy atom. The van der Waals surface area contributed by atoms with Crippen LogP contribution in [0.3, 0.4) is 0 Å². The number of nitrogens with zero attached hydrogens (tertiary/aromatic N) is 2. The van der Waals surface area contributed by atoms with Gasteiger partial charge in [-0.15, -0.1) is 0 Å². The number of furan rings is 1. The van der Waals surface area contributed by atoms with Crippen LogP contribution in [0.4, 0.5) is 4.39 Å². The molecule has 1 aromatic heterocycles. The molecule has 0 spiro atoms. The first-order valence-electron chi connectivity index (χ1n) is 9.01. The molecule has 1 amide bonds. The fraction of sp³-hybridized carbons (Fsp3) is 0.421. The van der Waals surface area contributed by atoms with E-state index in [4.69, 9.17) is 9.15 Å². The lowest BCUT2D eigenvalue weighted by molar-refractivity contribution is -0.113. The van der Waals surface area contributed by atoms with Gasteiger partial charge in [0, 0.05) is 26.2 Å². The first-order chi connectivity index (χ1) is 13.2. The predicted molar refractivity (Wildman–Crippen MR) is 97.9 cm³/mol. The molecule has 1 aromatic carbocycles. The highest BCUT2D eigenvalue weighted by molar-refractivity contribution is 7.89. The lowest BCUT2D eigenvalue weighted by Crippen LogP contribution is -2.61. The molecule has 2 bridgehead atoms. The number of carbonyl (C=O) groups excluding carboxylic acids is 1. The Labute approximate surface area is 162 Å². The number of ether oxygens (including phenoxy) is 1. The van der Waals surface area contributed by atoms with Crippen molar-refractivity contribution in [2.24, 2.45) is 0 Å². The van der Waals surface area contributed by atoms with Gasteiger partial charge in [-0.25, -0.2) is 12.8 Å². The summed E-state index contributed by atoms with van der Waals surface area (Å²) in [5, 5.41) is 0. The second-order valence-corrected chi connectivity index (χ2v) is 9.13. The van der Waals surface area contributed by atoms with Crippen LogP contribution >= 0.6 is 0 Å². The third-order valence-electron chi connectivity index (χ3n) is 5.04. The van der Waals surface area contributed by atoms with Gasteiger partial charge in [0.25, 0.3) is 5.91 Å². The molecule has 0 saturated carbocycles. The van der Waals surface area contributed by atoms with E-state index in [9.17, 15) is 17.6 Å². The van der Waals surface area contributed by atoms with Crippen LogP contribution in [0, 0.1) is 19.7 Å². The van der Waals surface area contributed by atoms with Gasteiger partial charge in [0.05, 0.1) is 22.7 Å².